The highest BCUT2D eigenvalue weighted by molar-refractivity contribution is 8.01. The molecule has 1 heterocycles. The summed E-state index contributed by atoms with van der Waals surface area (Å²) < 4.78 is 10.3. The van der Waals surface area contributed by atoms with Crippen molar-refractivity contribution in [1.29, 1.82) is 0 Å². The molecule has 0 bridgehead atoms. The lowest BCUT2D eigenvalue weighted by Crippen LogP contribution is -2.34. The molecule has 0 saturated heterocycles. The van der Waals surface area contributed by atoms with Crippen molar-refractivity contribution in [3.63, 3.8) is 0 Å². The third-order valence-electron chi connectivity index (χ3n) is 4.09. The van der Waals surface area contributed by atoms with Crippen LogP contribution in [0.4, 0.5) is 11.4 Å². The molecular weight excluding hydrogens is 380 g/mol. The number of carbonyl (C=O) groups excluding carboxylic acids is 3. The Bertz CT molecular complexity index is 884. The molecule has 0 spiro atoms. The van der Waals surface area contributed by atoms with Crippen molar-refractivity contribution in [2.24, 2.45) is 0 Å². The average Bonchev–Trinajstić information content (AvgIpc) is 2.69. The van der Waals surface area contributed by atoms with Gasteiger partial charge >= 0.3 is 5.97 Å². The fourth-order valence-electron chi connectivity index (χ4n) is 2.60. The number of esters is 1. The van der Waals surface area contributed by atoms with Gasteiger partial charge in [0, 0.05) is 10.6 Å². The van der Waals surface area contributed by atoms with Crippen molar-refractivity contribution in [2.75, 3.05) is 17.7 Å². The van der Waals surface area contributed by atoms with E-state index >= 15 is 0 Å². The first-order valence-corrected chi connectivity index (χ1v) is 9.55. The number of thioether (sulfide) groups is 1. The van der Waals surface area contributed by atoms with Gasteiger partial charge in [-0.25, -0.2) is 0 Å². The van der Waals surface area contributed by atoms with Crippen LogP contribution in [0.1, 0.15) is 13.3 Å². The van der Waals surface area contributed by atoms with Crippen LogP contribution >= 0.6 is 11.8 Å². The van der Waals surface area contributed by atoms with E-state index in [1.807, 2.05) is 18.2 Å². The van der Waals surface area contributed by atoms with E-state index in [2.05, 4.69) is 10.6 Å². The van der Waals surface area contributed by atoms with Gasteiger partial charge < -0.3 is 20.1 Å². The van der Waals surface area contributed by atoms with E-state index in [1.54, 1.807) is 37.4 Å². The second kappa shape index (κ2) is 8.79. The van der Waals surface area contributed by atoms with Gasteiger partial charge in [-0.15, -0.1) is 11.8 Å². The quantitative estimate of drug-likeness (QED) is 0.724. The molecule has 0 unspecified atom stereocenters. The van der Waals surface area contributed by atoms with Crippen LogP contribution in [-0.4, -0.2) is 36.2 Å². The standard InChI is InChI=1S/C20H20N2O5S/c1-12(19(24)21-13-7-9-14(26-2)10-8-13)27-18(23)11-17-20(25)22-15-5-3-4-6-16(15)28-17/h3-10,12,17H,11H2,1-2H3,(H,21,24)(H,22,25)/t12-,17+/m1/s1. The number of amides is 2. The van der Waals surface area contributed by atoms with Crippen LogP contribution in [0.15, 0.2) is 53.4 Å². The van der Waals surface area contributed by atoms with Gasteiger partial charge in [-0.05, 0) is 43.3 Å². The van der Waals surface area contributed by atoms with E-state index in [0.29, 0.717) is 11.4 Å². The third kappa shape index (κ3) is 4.83. The van der Waals surface area contributed by atoms with Crippen LogP contribution in [-0.2, 0) is 19.1 Å². The van der Waals surface area contributed by atoms with E-state index in [4.69, 9.17) is 9.47 Å². The van der Waals surface area contributed by atoms with E-state index in [1.165, 1.54) is 18.7 Å². The predicted octanol–water partition coefficient (Wildman–Crippen LogP) is 3.07. The molecule has 8 heteroatoms. The summed E-state index contributed by atoms with van der Waals surface area (Å²) in [5.41, 5.74) is 1.29. The number of rotatable bonds is 6. The SMILES string of the molecule is COc1ccc(NC(=O)[C@@H](C)OC(=O)C[C@@H]2Sc3ccccc3NC2=O)cc1. The monoisotopic (exact) mass is 400 g/mol. The van der Waals surface area contributed by atoms with E-state index in [9.17, 15) is 14.4 Å². The lowest BCUT2D eigenvalue weighted by Gasteiger charge is -2.23. The van der Waals surface area contributed by atoms with Gasteiger partial charge in [0.2, 0.25) is 5.91 Å². The summed E-state index contributed by atoms with van der Waals surface area (Å²) in [6, 6.07) is 14.2. The molecule has 2 aromatic carbocycles. The minimum Gasteiger partial charge on any atom is -0.497 e. The van der Waals surface area contributed by atoms with Gasteiger partial charge in [-0.1, -0.05) is 12.1 Å². The smallest absolute Gasteiger partial charge is 0.308 e. The molecule has 2 amide bonds. The second-order valence-corrected chi connectivity index (χ2v) is 7.39. The number of nitrogens with one attached hydrogen (secondary N) is 2. The van der Waals surface area contributed by atoms with Crippen LogP contribution in [0.25, 0.3) is 0 Å². The number of benzene rings is 2. The lowest BCUT2D eigenvalue weighted by atomic mass is 10.2. The number of fused-ring (bicyclic) bond motifs is 1. The van der Waals surface area contributed by atoms with Gasteiger partial charge in [-0.2, -0.15) is 0 Å². The maximum Gasteiger partial charge on any atom is 0.308 e. The Morgan fingerprint density at radius 3 is 2.61 bits per heavy atom. The largest absolute Gasteiger partial charge is 0.497 e. The number of anilines is 2. The first-order valence-electron chi connectivity index (χ1n) is 8.67. The van der Waals surface area contributed by atoms with Gasteiger partial charge in [0.15, 0.2) is 6.10 Å². The molecule has 1 aliphatic rings. The topological polar surface area (TPSA) is 93.7 Å². The lowest BCUT2D eigenvalue weighted by molar-refractivity contribution is -0.153. The zero-order valence-corrected chi connectivity index (χ0v) is 16.2. The normalized spacial score (nSPS) is 16.4. The molecule has 0 saturated carbocycles. The van der Waals surface area contributed by atoms with Crippen LogP contribution < -0.4 is 15.4 Å². The second-order valence-electron chi connectivity index (χ2n) is 6.15. The highest BCUT2D eigenvalue weighted by Crippen LogP contribution is 2.36. The molecule has 7 nitrogen and oxygen atoms in total. The Morgan fingerprint density at radius 2 is 1.89 bits per heavy atom. The summed E-state index contributed by atoms with van der Waals surface area (Å²) >= 11 is 1.31. The van der Waals surface area contributed by atoms with Gasteiger partial charge in [0.25, 0.3) is 5.91 Å². The fraction of sp³-hybridized carbons (Fsp3) is 0.250. The molecule has 28 heavy (non-hydrogen) atoms. The van der Waals surface area contributed by atoms with Crippen molar-refractivity contribution in [1.82, 2.24) is 0 Å². The Kier molecular flexibility index (Phi) is 6.20. The van der Waals surface area contributed by atoms with Crippen molar-refractivity contribution in [2.45, 2.75) is 29.6 Å². The molecule has 0 aromatic heterocycles. The molecule has 2 aromatic rings. The average molecular weight is 400 g/mol. The summed E-state index contributed by atoms with van der Waals surface area (Å²) in [6.07, 6.45) is -1.11. The molecule has 2 atom stereocenters. The number of hydrogen-bond donors (Lipinski definition) is 2. The zero-order valence-electron chi connectivity index (χ0n) is 15.4. The van der Waals surface area contributed by atoms with E-state index in [-0.39, 0.29) is 12.3 Å². The molecule has 0 radical (unpaired) electrons. The fourth-order valence-corrected chi connectivity index (χ4v) is 3.69. The maximum absolute atomic E-state index is 12.2. The van der Waals surface area contributed by atoms with Gasteiger partial charge in [0.1, 0.15) is 5.75 Å². The number of hydrogen-bond acceptors (Lipinski definition) is 6. The molecule has 1 aliphatic heterocycles. The minimum absolute atomic E-state index is 0.120. The van der Waals surface area contributed by atoms with Gasteiger partial charge in [0.05, 0.1) is 24.5 Å². The summed E-state index contributed by atoms with van der Waals surface area (Å²) in [6.45, 7) is 1.49. The Morgan fingerprint density at radius 1 is 1.18 bits per heavy atom. The van der Waals surface area contributed by atoms with E-state index < -0.39 is 23.2 Å². The zero-order chi connectivity index (χ0) is 20.1. The summed E-state index contributed by atoms with van der Waals surface area (Å²) in [5.74, 6) is -0.646. The van der Waals surface area contributed by atoms with E-state index in [0.717, 1.165) is 10.6 Å². The van der Waals surface area contributed by atoms with Gasteiger partial charge in [-0.3, -0.25) is 14.4 Å². The number of para-hydroxylation sites is 1. The van der Waals surface area contributed by atoms with Crippen LogP contribution in [0, 0.1) is 0 Å². The molecule has 0 fully saturated rings. The maximum atomic E-state index is 12.2. The molecular formula is C20H20N2O5S. The Hall–Kier alpha value is -3.00. The first-order chi connectivity index (χ1) is 13.5. The Balaban J connectivity index is 1.52. The van der Waals surface area contributed by atoms with Crippen LogP contribution in [0.2, 0.25) is 0 Å². The van der Waals surface area contributed by atoms with Crippen molar-refractivity contribution in [3.05, 3.63) is 48.5 Å². The first kappa shape index (κ1) is 19.8. The Labute approximate surface area is 166 Å². The van der Waals surface area contributed by atoms with Crippen molar-refractivity contribution in [3.8, 4) is 5.75 Å². The molecule has 2 N–H and O–H groups in total. The number of methoxy groups -OCH3 is 1. The van der Waals surface area contributed by atoms with Crippen LogP contribution in [0.3, 0.4) is 0 Å². The summed E-state index contributed by atoms with van der Waals surface area (Å²) in [4.78, 5) is 37.5. The highest BCUT2D eigenvalue weighted by Gasteiger charge is 2.30. The molecule has 146 valence electrons. The summed E-state index contributed by atoms with van der Waals surface area (Å²) in [5, 5.41) is 4.85. The summed E-state index contributed by atoms with van der Waals surface area (Å²) in [7, 11) is 1.55. The van der Waals surface area contributed by atoms with Crippen molar-refractivity contribution >= 4 is 40.9 Å². The van der Waals surface area contributed by atoms with Crippen LogP contribution in [0.5, 0.6) is 5.75 Å². The predicted molar refractivity (Wildman–Crippen MR) is 107 cm³/mol. The molecule has 0 aliphatic carbocycles. The third-order valence-corrected chi connectivity index (χ3v) is 5.37. The molecule has 3 rings (SSSR count). The number of carbonyl (C=O) groups is 3. The van der Waals surface area contributed by atoms with Crippen molar-refractivity contribution < 1.29 is 23.9 Å². The highest BCUT2D eigenvalue weighted by atomic mass is 32.2. The minimum atomic E-state index is -0.987. The number of ether oxygens (including phenoxy) is 2.